The maximum Gasteiger partial charge on any atom is 0.405 e. The zero-order valence-corrected chi connectivity index (χ0v) is 10.0. The average Bonchev–Trinajstić information content (AvgIpc) is 2.74. The fraction of sp³-hybridized carbons (Fsp3) is 0.500. The summed E-state index contributed by atoms with van der Waals surface area (Å²) in [5.41, 5.74) is 0.130. The molecule has 0 aliphatic rings. The summed E-state index contributed by atoms with van der Waals surface area (Å²) in [5.74, 6) is -1.46. The van der Waals surface area contributed by atoms with E-state index in [1.807, 2.05) is 0 Å². The van der Waals surface area contributed by atoms with E-state index in [1.54, 1.807) is 12.2 Å². The molecule has 19 heavy (non-hydrogen) atoms. The molecule has 0 saturated carbocycles. The highest BCUT2D eigenvalue weighted by Crippen LogP contribution is 2.12. The molecule has 0 atom stereocenters. The van der Waals surface area contributed by atoms with Gasteiger partial charge >= 0.3 is 12.1 Å². The van der Waals surface area contributed by atoms with Crippen molar-refractivity contribution in [1.82, 2.24) is 15.1 Å². The van der Waals surface area contributed by atoms with Gasteiger partial charge in [0.05, 0.1) is 18.4 Å². The van der Waals surface area contributed by atoms with E-state index in [1.165, 1.54) is 12.4 Å². The van der Waals surface area contributed by atoms with Gasteiger partial charge in [0.1, 0.15) is 13.1 Å². The van der Waals surface area contributed by atoms with E-state index >= 15 is 0 Å². The number of alkyl halides is 3. The van der Waals surface area contributed by atoms with Crippen molar-refractivity contribution in [3.8, 4) is 0 Å². The van der Waals surface area contributed by atoms with E-state index in [4.69, 9.17) is 4.74 Å². The maximum atomic E-state index is 11.9. The number of hydrogen-bond donors (Lipinski definition) is 1. The summed E-state index contributed by atoms with van der Waals surface area (Å²) in [5, 5.41) is 5.37. The van der Waals surface area contributed by atoms with Crippen LogP contribution in [0.25, 0.3) is 0 Å². The van der Waals surface area contributed by atoms with Gasteiger partial charge in [-0.1, -0.05) is 0 Å². The second-order valence-corrected chi connectivity index (χ2v) is 3.54. The molecule has 1 aromatic rings. The summed E-state index contributed by atoms with van der Waals surface area (Å²) in [7, 11) is 0. The molecule has 0 fully saturated rings. The molecule has 6 nitrogen and oxygen atoms in total. The third-order valence-corrected chi connectivity index (χ3v) is 1.94. The zero-order chi connectivity index (χ0) is 14.5. The number of ether oxygens (including phenoxy) is 1. The number of rotatable bonds is 5. The van der Waals surface area contributed by atoms with Gasteiger partial charge in [0.2, 0.25) is 5.91 Å². The number of halogens is 3. The quantitative estimate of drug-likeness (QED) is 0.807. The summed E-state index contributed by atoms with van der Waals surface area (Å²) < 4.78 is 41.3. The van der Waals surface area contributed by atoms with Gasteiger partial charge in [-0.3, -0.25) is 9.48 Å². The van der Waals surface area contributed by atoms with Gasteiger partial charge in [-0.25, -0.2) is 4.79 Å². The fourth-order valence-corrected chi connectivity index (χ4v) is 1.17. The van der Waals surface area contributed by atoms with Crippen molar-refractivity contribution in [2.75, 3.05) is 13.2 Å². The van der Waals surface area contributed by atoms with Gasteiger partial charge < -0.3 is 10.1 Å². The van der Waals surface area contributed by atoms with E-state index < -0.39 is 31.1 Å². The lowest BCUT2D eigenvalue weighted by molar-refractivity contribution is -0.138. The smallest absolute Gasteiger partial charge is 0.405 e. The van der Waals surface area contributed by atoms with Gasteiger partial charge in [0.15, 0.2) is 0 Å². The molecule has 0 spiro atoms. The molecule has 0 aliphatic carbocycles. The second-order valence-electron chi connectivity index (χ2n) is 3.54. The molecule has 0 radical (unpaired) electrons. The first-order valence-electron chi connectivity index (χ1n) is 5.35. The second kappa shape index (κ2) is 6.21. The van der Waals surface area contributed by atoms with Crippen molar-refractivity contribution in [1.29, 1.82) is 0 Å². The van der Waals surface area contributed by atoms with Gasteiger partial charge in [0, 0.05) is 6.20 Å². The van der Waals surface area contributed by atoms with Crippen molar-refractivity contribution in [3.63, 3.8) is 0 Å². The van der Waals surface area contributed by atoms with E-state index in [0.717, 1.165) is 4.68 Å². The van der Waals surface area contributed by atoms with Crippen LogP contribution in [-0.4, -0.2) is 41.0 Å². The summed E-state index contributed by atoms with van der Waals surface area (Å²) in [6.07, 6.45) is -2.06. The fourth-order valence-electron chi connectivity index (χ4n) is 1.17. The Bertz CT molecular complexity index is 456. The molecule has 0 saturated heterocycles. The van der Waals surface area contributed by atoms with Crippen LogP contribution in [0.5, 0.6) is 0 Å². The van der Waals surface area contributed by atoms with Crippen LogP contribution in [-0.2, 0) is 16.1 Å². The van der Waals surface area contributed by atoms with Crippen LogP contribution < -0.4 is 5.32 Å². The van der Waals surface area contributed by atoms with E-state index in [-0.39, 0.29) is 12.2 Å². The Kier molecular flexibility index (Phi) is 4.90. The molecule has 1 aromatic heterocycles. The molecule has 1 rings (SSSR count). The Morgan fingerprint density at radius 3 is 2.74 bits per heavy atom. The van der Waals surface area contributed by atoms with Gasteiger partial charge in [-0.2, -0.15) is 18.3 Å². The van der Waals surface area contributed by atoms with Crippen molar-refractivity contribution < 1.29 is 27.5 Å². The van der Waals surface area contributed by atoms with Crippen molar-refractivity contribution >= 4 is 11.9 Å². The number of carbonyl (C=O) groups excluding carboxylic acids is 2. The van der Waals surface area contributed by atoms with Gasteiger partial charge in [-0.05, 0) is 6.92 Å². The molecule has 0 unspecified atom stereocenters. The van der Waals surface area contributed by atoms with Crippen molar-refractivity contribution in [2.45, 2.75) is 19.6 Å². The number of hydrogen-bond acceptors (Lipinski definition) is 4. The van der Waals surface area contributed by atoms with E-state index in [9.17, 15) is 22.8 Å². The predicted molar refractivity (Wildman–Crippen MR) is 57.2 cm³/mol. The topological polar surface area (TPSA) is 73.2 Å². The first kappa shape index (κ1) is 15.0. The SMILES string of the molecule is CCOC(=O)c1cnn(CC(=O)NCC(F)(F)F)c1. The highest BCUT2D eigenvalue weighted by atomic mass is 19.4. The Hall–Kier alpha value is -2.06. The van der Waals surface area contributed by atoms with Crippen molar-refractivity contribution in [3.05, 3.63) is 18.0 Å². The normalized spacial score (nSPS) is 11.2. The molecule has 1 N–H and O–H groups in total. The maximum absolute atomic E-state index is 11.9. The van der Waals surface area contributed by atoms with Crippen LogP contribution in [0.15, 0.2) is 12.4 Å². The third-order valence-electron chi connectivity index (χ3n) is 1.94. The number of amides is 1. The summed E-state index contributed by atoms with van der Waals surface area (Å²) in [6.45, 7) is 0.0102. The minimum Gasteiger partial charge on any atom is -0.462 e. The van der Waals surface area contributed by atoms with Crippen LogP contribution in [0, 0.1) is 0 Å². The molecular weight excluding hydrogens is 267 g/mol. The summed E-state index contributed by atoms with van der Waals surface area (Å²) >= 11 is 0. The lowest BCUT2D eigenvalue weighted by Crippen LogP contribution is -2.35. The standard InChI is InChI=1S/C10H12F3N3O3/c1-2-19-9(18)7-3-15-16(4-7)5-8(17)14-6-10(11,12)13/h3-4H,2,5-6H2,1H3,(H,14,17). The van der Waals surface area contributed by atoms with Crippen LogP contribution in [0.4, 0.5) is 13.2 Å². The van der Waals surface area contributed by atoms with Crippen LogP contribution in [0.3, 0.4) is 0 Å². The third kappa shape index (κ3) is 5.40. The van der Waals surface area contributed by atoms with E-state index in [2.05, 4.69) is 5.10 Å². The zero-order valence-electron chi connectivity index (χ0n) is 10.0. The number of nitrogens with one attached hydrogen (secondary N) is 1. The molecule has 106 valence electrons. The highest BCUT2D eigenvalue weighted by Gasteiger charge is 2.27. The molecular formula is C10H12F3N3O3. The first-order valence-corrected chi connectivity index (χ1v) is 5.35. The minimum absolute atomic E-state index is 0.130. The molecule has 9 heteroatoms. The summed E-state index contributed by atoms with van der Waals surface area (Å²) in [4.78, 5) is 22.5. The first-order chi connectivity index (χ1) is 8.81. The molecule has 0 bridgehead atoms. The summed E-state index contributed by atoms with van der Waals surface area (Å²) in [6, 6.07) is 0. The van der Waals surface area contributed by atoms with Crippen LogP contribution >= 0.6 is 0 Å². The molecule has 0 aromatic carbocycles. The lowest BCUT2D eigenvalue weighted by atomic mass is 10.4. The number of aromatic nitrogens is 2. The number of nitrogens with zero attached hydrogens (tertiary/aromatic N) is 2. The van der Waals surface area contributed by atoms with E-state index in [0.29, 0.717) is 0 Å². The Labute approximate surface area is 106 Å². The minimum atomic E-state index is -4.46. The van der Waals surface area contributed by atoms with Gasteiger partial charge in [-0.15, -0.1) is 0 Å². The Balaban J connectivity index is 2.49. The van der Waals surface area contributed by atoms with Gasteiger partial charge in [0.25, 0.3) is 0 Å². The number of carbonyl (C=O) groups is 2. The molecule has 0 aliphatic heterocycles. The Morgan fingerprint density at radius 2 is 2.16 bits per heavy atom. The highest BCUT2D eigenvalue weighted by molar-refractivity contribution is 5.88. The number of esters is 1. The van der Waals surface area contributed by atoms with Crippen LogP contribution in [0.1, 0.15) is 17.3 Å². The predicted octanol–water partition coefficient (Wildman–Crippen LogP) is 0.738. The lowest BCUT2D eigenvalue weighted by Gasteiger charge is -2.08. The monoisotopic (exact) mass is 279 g/mol. The Morgan fingerprint density at radius 1 is 1.47 bits per heavy atom. The largest absolute Gasteiger partial charge is 0.462 e. The van der Waals surface area contributed by atoms with Crippen molar-refractivity contribution in [2.24, 2.45) is 0 Å². The molecule has 1 amide bonds. The molecule has 1 heterocycles. The van der Waals surface area contributed by atoms with Crippen LogP contribution in [0.2, 0.25) is 0 Å². The average molecular weight is 279 g/mol.